The van der Waals surface area contributed by atoms with E-state index in [0.717, 1.165) is 0 Å². The van der Waals surface area contributed by atoms with Crippen molar-refractivity contribution in [3.63, 3.8) is 0 Å². The summed E-state index contributed by atoms with van der Waals surface area (Å²) >= 11 is 5.76. The molecule has 0 unspecified atom stereocenters. The average molecular weight is 212 g/mol. The monoisotopic (exact) mass is 211 g/mol. The van der Waals surface area contributed by atoms with E-state index in [4.69, 9.17) is 16.0 Å². The molecule has 0 saturated heterocycles. The maximum Gasteiger partial charge on any atom is 0.417 e. The van der Waals surface area contributed by atoms with Gasteiger partial charge in [-0.2, -0.15) is 0 Å². The molecule has 0 atom stereocenters. The molecule has 0 aliphatic rings. The number of fused-ring (bicyclic) bond motifs is 1. The Hall–Kier alpha value is -1.55. The normalized spacial score (nSPS) is 10.7. The van der Waals surface area contributed by atoms with E-state index in [1.54, 1.807) is 0 Å². The van der Waals surface area contributed by atoms with Crippen LogP contribution in [0.3, 0.4) is 0 Å². The molecule has 2 aromatic rings. The average Bonchev–Trinajstić information content (AvgIpc) is 2.42. The van der Waals surface area contributed by atoms with Crippen LogP contribution in [0, 0.1) is 0 Å². The Morgan fingerprint density at radius 3 is 2.86 bits per heavy atom. The van der Waals surface area contributed by atoms with Crippen LogP contribution in [0.25, 0.3) is 11.1 Å². The number of Topliss-reactive ketones (excluding diaryl/α,β-unsaturated/α-hetero) is 1. The number of nitrogens with one attached hydrogen (secondary N) is 1. The maximum atomic E-state index is 11.2. The minimum absolute atomic E-state index is 0.194. The highest BCUT2D eigenvalue weighted by Gasteiger charge is 2.11. The molecule has 0 bridgehead atoms. The number of carbonyl (C=O) groups is 1. The predicted octanol–water partition coefficient (Wildman–Crippen LogP) is 1.98. The molecule has 2 rings (SSSR count). The molecular formula is C9H6ClNO3. The molecule has 0 radical (unpaired) electrons. The molecule has 1 aromatic heterocycles. The van der Waals surface area contributed by atoms with Crippen molar-refractivity contribution < 1.29 is 9.21 Å². The van der Waals surface area contributed by atoms with Gasteiger partial charge in [0.15, 0.2) is 11.4 Å². The zero-order chi connectivity index (χ0) is 10.3. The minimum Gasteiger partial charge on any atom is -0.407 e. The summed E-state index contributed by atoms with van der Waals surface area (Å²) in [5, 5.41) is 0.389. The predicted molar refractivity (Wildman–Crippen MR) is 51.8 cm³/mol. The molecule has 0 spiro atoms. The highest BCUT2D eigenvalue weighted by Crippen LogP contribution is 2.21. The molecule has 14 heavy (non-hydrogen) atoms. The standard InChI is InChI=1S/C9H6ClNO3/c1-4(12)6-2-5(10)3-7-8(6)14-9(13)11-7/h2-3H,1H3,(H,11,13). The van der Waals surface area contributed by atoms with Crippen LogP contribution in [-0.4, -0.2) is 10.8 Å². The van der Waals surface area contributed by atoms with Crippen LogP contribution in [0.4, 0.5) is 0 Å². The zero-order valence-corrected chi connectivity index (χ0v) is 8.01. The first-order chi connectivity index (χ1) is 6.58. The van der Waals surface area contributed by atoms with E-state index in [1.807, 2.05) is 0 Å². The molecule has 0 saturated carbocycles. The second-order valence-electron chi connectivity index (χ2n) is 2.90. The SMILES string of the molecule is CC(=O)c1cc(Cl)cc2[nH]c(=O)oc12. The fraction of sp³-hybridized carbons (Fsp3) is 0.111. The van der Waals surface area contributed by atoms with E-state index in [1.165, 1.54) is 19.1 Å². The fourth-order valence-corrected chi connectivity index (χ4v) is 1.50. The van der Waals surface area contributed by atoms with Gasteiger partial charge in [0.1, 0.15) is 0 Å². The van der Waals surface area contributed by atoms with Crippen molar-refractivity contribution in [2.75, 3.05) is 0 Å². The summed E-state index contributed by atoms with van der Waals surface area (Å²) in [4.78, 5) is 24.5. The third-order valence-electron chi connectivity index (χ3n) is 1.86. The van der Waals surface area contributed by atoms with Crippen LogP contribution < -0.4 is 5.76 Å². The first-order valence-corrected chi connectivity index (χ1v) is 4.29. The highest BCUT2D eigenvalue weighted by molar-refractivity contribution is 6.32. The molecule has 1 heterocycles. The van der Waals surface area contributed by atoms with E-state index in [9.17, 15) is 9.59 Å². The van der Waals surface area contributed by atoms with Crippen molar-refractivity contribution in [1.29, 1.82) is 0 Å². The van der Waals surface area contributed by atoms with Crippen molar-refractivity contribution in [2.24, 2.45) is 0 Å². The lowest BCUT2D eigenvalue weighted by Gasteiger charge is -1.96. The van der Waals surface area contributed by atoms with Gasteiger partial charge in [-0.15, -0.1) is 0 Å². The van der Waals surface area contributed by atoms with Crippen molar-refractivity contribution in [2.45, 2.75) is 6.92 Å². The molecule has 0 aliphatic heterocycles. The lowest BCUT2D eigenvalue weighted by atomic mass is 10.1. The van der Waals surface area contributed by atoms with Gasteiger partial charge in [0.25, 0.3) is 0 Å². The van der Waals surface area contributed by atoms with Gasteiger partial charge < -0.3 is 4.42 Å². The number of rotatable bonds is 1. The zero-order valence-electron chi connectivity index (χ0n) is 7.26. The number of oxazole rings is 1. The summed E-state index contributed by atoms with van der Waals surface area (Å²) in [5.74, 6) is -0.787. The Morgan fingerprint density at radius 2 is 2.21 bits per heavy atom. The van der Waals surface area contributed by atoms with E-state index in [2.05, 4.69) is 4.98 Å². The third kappa shape index (κ3) is 1.33. The number of carbonyl (C=O) groups excluding carboxylic acids is 1. The molecule has 5 heteroatoms. The summed E-state index contributed by atoms with van der Waals surface area (Å²) in [6.07, 6.45) is 0. The molecule has 1 N–H and O–H groups in total. The molecule has 4 nitrogen and oxygen atoms in total. The fourth-order valence-electron chi connectivity index (χ4n) is 1.29. The van der Waals surface area contributed by atoms with Gasteiger partial charge in [-0.3, -0.25) is 9.78 Å². The number of H-pyrrole nitrogens is 1. The first-order valence-electron chi connectivity index (χ1n) is 3.91. The van der Waals surface area contributed by atoms with Gasteiger partial charge in [0.2, 0.25) is 0 Å². The topological polar surface area (TPSA) is 63.1 Å². The molecular weight excluding hydrogens is 206 g/mol. The number of ketones is 1. The minimum atomic E-state index is -0.593. The third-order valence-corrected chi connectivity index (χ3v) is 2.08. The quantitative estimate of drug-likeness (QED) is 0.734. The summed E-state index contributed by atoms with van der Waals surface area (Å²) in [7, 11) is 0. The van der Waals surface area contributed by atoms with Gasteiger partial charge in [0, 0.05) is 5.02 Å². The van der Waals surface area contributed by atoms with Crippen molar-refractivity contribution in [3.05, 3.63) is 33.3 Å². The van der Waals surface area contributed by atoms with Gasteiger partial charge in [0.05, 0.1) is 11.1 Å². The second kappa shape index (κ2) is 2.99. The van der Waals surface area contributed by atoms with Gasteiger partial charge in [-0.25, -0.2) is 4.79 Å². The number of hydrogen-bond donors (Lipinski definition) is 1. The first kappa shape index (κ1) is 9.02. The van der Waals surface area contributed by atoms with E-state index in [0.29, 0.717) is 16.1 Å². The summed E-state index contributed by atoms with van der Waals surface area (Å²) < 4.78 is 4.82. The highest BCUT2D eigenvalue weighted by atomic mass is 35.5. The van der Waals surface area contributed by atoms with E-state index >= 15 is 0 Å². The maximum absolute atomic E-state index is 11.2. The van der Waals surface area contributed by atoms with Crippen molar-refractivity contribution in [3.8, 4) is 0 Å². The van der Waals surface area contributed by atoms with Crippen molar-refractivity contribution in [1.82, 2.24) is 4.98 Å². The van der Waals surface area contributed by atoms with Crippen LogP contribution >= 0.6 is 11.6 Å². The number of halogens is 1. The summed E-state index contributed by atoms with van der Waals surface area (Å²) in [5.41, 5.74) is 1.01. The van der Waals surface area contributed by atoms with E-state index < -0.39 is 5.76 Å². The number of benzene rings is 1. The molecule has 0 fully saturated rings. The Labute approximate surface area is 83.5 Å². The van der Waals surface area contributed by atoms with Crippen LogP contribution in [-0.2, 0) is 0 Å². The van der Waals surface area contributed by atoms with Gasteiger partial charge >= 0.3 is 5.76 Å². The van der Waals surface area contributed by atoms with Crippen LogP contribution in [0.1, 0.15) is 17.3 Å². The van der Waals surface area contributed by atoms with Crippen LogP contribution in [0.15, 0.2) is 21.3 Å². The number of hydrogen-bond acceptors (Lipinski definition) is 3. The molecule has 72 valence electrons. The second-order valence-corrected chi connectivity index (χ2v) is 3.34. The van der Waals surface area contributed by atoms with Crippen molar-refractivity contribution >= 4 is 28.5 Å². The van der Waals surface area contributed by atoms with Crippen LogP contribution in [0.2, 0.25) is 5.02 Å². The largest absolute Gasteiger partial charge is 0.417 e. The lowest BCUT2D eigenvalue weighted by Crippen LogP contribution is -1.93. The number of aromatic amines is 1. The molecule has 1 aromatic carbocycles. The Balaban J connectivity index is 2.92. The van der Waals surface area contributed by atoms with Crippen LogP contribution in [0.5, 0.6) is 0 Å². The summed E-state index contributed by atoms with van der Waals surface area (Å²) in [6, 6.07) is 3.01. The van der Waals surface area contributed by atoms with E-state index in [-0.39, 0.29) is 11.4 Å². The van der Waals surface area contributed by atoms with Gasteiger partial charge in [-0.1, -0.05) is 11.6 Å². The number of aromatic nitrogens is 1. The molecule has 0 aliphatic carbocycles. The van der Waals surface area contributed by atoms with Gasteiger partial charge in [-0.05, 0) is 19.1 Å². The molecule has 0 amide bonds. The smallest absolute Gasteiger partial charge is 0.407 e. The Morgan fingerprint density at radius 1 is 1.50 bits per heavy atom. The Bertz CT molecular complexity index is 567. The Kier molecular flexibility index (Phi) is 1.93. The summed E-state index contributed by atoms with van der Waals surface area (Å²) in [6.45, 7) is 1.39. The lowest BCUT2D eigenvalue weighted by molar-refractivity contribution is 0.101.